The molecule has 22 heavy (non-hydrogen) atoms. The predicted molar refractivity (Wildman–Crippen MR) is 91.1 cm³/mol. The van der Waals surface area contributed by atoms with Crippen LogP contribution in [0.25, 0.3) is 11.3 Å². The van der Waals surface area contributed by atoms with Crippen molar-refractivity contribution in [2.45, 2.75) is 0 Å². The van der Waals surface area contributed by atoms with Crippen molar-refractivity contribution in [2.75, 3.05) is 7.11 Å². The number of carbonyl (C=O) groups is 1. The highest BCUT2D eigenvalue weighted by Gasteiger charge is 2.24. The molecule has 0 radical (unpaired) electrons. The van der Waals surface area contributed by atoms with Crippen LogP contribution in [0.4, 0.5) is 0 Å². The summed E-state index contributed by atoms with van der Waals surface area (Å²) in [5.74, 6) is -0.642. The summed E-state index contributed by atoms with van der Waals surface area (Å²) in [5.41, 5.74) is 0.342. The summed E-state index contributed by atoms with van der Waals surface area (Å²) in [7, 11) is 1.23. The zero-order valence-electron chi connectivity index (χ0n) is 10.7. The quantitative estimate of drug-likeness (QED) is 0.318. The maximum atomic E-state index is 11.6. The van der Waals surface area contributed by atoms with Gasteiger partial charge < -0.3 is 4.74 Å². The first kappa shape index (κ1) is 17.9. The summed E-state index contributed by atoms with van der Waals surface area (Å²) in [6.07, 6.45) is 0. The fraction of sp³-hybridized carbons (Fsp3) is 0.0769. The fourth-order valence-electron chi connectivity index (χ4n) is 1.65. The summed E-state index contributed by atoms with van der Waals surface area (Å²) in [6, 6.07) is 2.86. The van der Waals surface area contributed by atoms with Crippen LogP contribution in [-0.2, 0) is 4.74 Å². The van der Waals surface area contributed by atoms with Crippen LogP contribution >= 0.6 is 69.6 Å². The normalized spacial score (nSPS) is 10.7. The molecule has 3 nitrogen and oxygen atoms in total. The second-order valence-corrected chi connectivity index (χ2v) is 6.26. The third-order valence-corrected chi connectivity index (χ3v) is 5.27. The standard InChI is InChI=1S/C13H5Cl6NO2/c1-22-13(21)5-3-2-4(14)12(20-5)6-7(15)9(17)11(19)10(18)8(6)16/h2-3H,1H3. The largest absolute Gasteiger partial charge is 0.464 e. The van der Waals surface area contributed by atoms with Crippen molar-refractivity contribution in [1.82, 2.24) is 4.98 Å². The first-order valence-electron chi connectivity index (χ1n) is 5.56. The number of ether oxygens (including phenoxy) is 1. The molecule has 116 valence electrons. The van der Waals surface area contributed by atoms with Crippen molar-refractivity contribution in [3.05, 3.63) is 48.0 Å². The van der Waals surface area contributed by atoms with E-state index in [0.29, 0.717) is 0 Å². The Labute approximate surface area is 156 Å². The molecule has 2 rings (SSSR count). The number of hydrogen-bond acceptors (Lipinski definition) is 3. The van der Waals surface area contributed by atoms with Gasteiger partial charge in [0, 0.05) is 5.56 Å². The molecule has 1 aromatic carbocycles. The maximum Gasteiger partial charge on any atom is 0.356 e. The van der Waals surface area contributed by atoms with E-state index in [-0.39, 0.29) is 47.1 Å². The van der Waals surface area contributed by atoms with Gasteiger partial charge in [-0.2, -0.15) is 0 Å². The van der Waals surface area contributed by atoms with Gasteiger partial charge in [-0.1, -0.05) is 69.6 Å². The van der Waals surface area contributed by atoms with Crippen molar-refractivity contribution in [1.29, 1.82) is 0 Å². The van der Waals surface area contributed by atoms with Gasteiger partial charge in [0.25, 0.3) is 0 Å². The van der Waals surface area contributed by atoms with E-state index in [1.807, 2.05) is 0 Å². The van der Waals surface area contributed by atoms with Gasteiger partial charge in [-0.25, -0.2) is 9.78 Å². The molecule has 0 atom stereocenters. The molecule has 0 unspecified atom stereocenters. The highest BCUT2D eigenvalue weighted by Crippen LogP contribution is 2.48. The number of benzene rings is 1. The lowest BCUT2D eigenvalue weighted by Gasteiger charge is -2.13. The lowest BCUT2D eigenvalue weighted by atomic mass is 10.1. The highest BCUT2D eigenvalue weighted by atomic mass is 35.5. The third-order valence-electron chi connectivity index (χ3n) is 2.69. The predicted octanol–water partition coefficient (Wildman–Crippen LogP) is 6.46. The molecule has 0 fully saturated rings. The van der Waals surface area contributed by atoms with Crippen molar-refractivity contribution in [3.63, 3.8) is 0 Å². The topological polar surface area (TPSA) is 39.2 Å². The number of esters is 1. The van der Waals surface area contributed by atoms with Gasteiger partial charge >= 0.3 is 5.97 Å². The summed E-state index contributed by atoms with van der Waals surface area (Å²) < 4.78 is 4.61. The Morgan fingerprint density at radius 3 is 1.91 bits per heavy atom. The van der Waals surface area contributed by atoms with Crippen LogP contribution in [0.2, 0.25) is 30.1 Å². The van der Waals surface area contributed by atoms with Crippen molar-refractivity contribution in [3.8, 4) is 11.3 Å². The zero-order valence-corrected chi connectivity index (χ0v) is 15.2. The Balaban J connectivity index is 2.80. The zero-order chi connectivity index (χ0) is 16.6. The van der Waals surface area contributed by atoms with Crippen LogP contribution in [0.3, 0.4) is 0 Å². The molecule has 2 aromatic rings. The van der Waals surface area contributed by atoms with Crippen LogP contribution in [0, 0.1) is 0 Å². The summed E-state index contributed by atoms with van der Waals surface area (Å²) in [4.78, 5) is 15.7. The van der Waals surface area contributed by atoms with Crippen molar-refractivity contribution >= 4 is 75.6 Å². The van der Waals surface area contributed by atoms with Crippen LogP contribution in [-0.4, -0.2) is 18.1 Å². The Kier molecular flexibility index (Phi) is 5.70. The lowest BCUT2D eigenvalue weighted by Crippen LogP contribution is -2.05. The second kappa shape index (κ2) is 7.00. The van der Waals surface area contributed by atoms with E-state index in [1.54, 1.807) is 0 Å². The van der Waals surface area contributed by atoms with Crippen molar-refractivity contribution in [2.24, 2.45) is 0 Å². The van der Waals surface area contributed by atoms with Gasteiger partial charge in [0.1, 0.15) is 5.69 Å². The minimum atomic E-state index is -0.642. The molecule has 0 amide bonds. The molecule has 0 N–H and O–H groups in total. The Morgan fingerprint density at radius 1 is 0.909 bits per heavy atom. The number of aromatic nitrogens is 1. The van der Waals surface area contributed by atoms with Crippen LogP contribution in [0.5, 0.6) is 0 Å². The number of pyridine rings is 1. The third kappa shape index (κ3) is 3.12. The molecule has 0 aliphatic rings. The maximum absolute atomic E-state index is 11.6. The molecular formula is C13H5Cl6NO2. The SMILES string of the molecule is COC(=O)c1ccc(Cl)c(-c2c(Cl)c(Cl)c(Cl)c(Cl)c2Cl)n1. The second-order valence-electron chi connectivity index (χ2n) is 3.96. The molecule has 0 aliphatic carbocycles. The summed E-state index contributed by atoms with van der Waals surface area (Å²) >= 11 is 36.4. The smallest absolute Gasteiger partial charge is 0.356 e. The Bertz CT molecular complexity index is 749. The lowest BCUT2D eigenvalue weighted by molar-refractivity contribution is 0.0594. The number of halogens is 6. The molecule has 0 bridgehead atoms. The van der Waals surface area contributed by atoms with E-state index in [1.165, 1.54) is 19.2 Å². The van der Waals surface area contributed by atoms with E-state index in [9.17, 15) is 4.79 Å². The fourth-order valence-corrected chi connectivity index (χ4v) is 3.17. The molecule has 0 saturated heterocycles. The first-order valence-corrected chi connectivity index (χ1v) is 7.83. The van der Waals surface area contributed by atoms with E-state index in [4.69, 9.17) is 69.6 Å². The molecule has 1 aromatic heterocycles. The minimum Gasteiger partial charge on any atom is -0.464 e. The van der Waals surface area contributed by atoms with Gasteiger partial charge in [0.2, 0.25) is 0 Å². The van der Waals surface area contributed by atoms with E-state index in [2.05, 4.69) is 9.72 Å². The molecule has 1 heterocycles. The average molecular weight is 420 g/mol. The molecule has 0 saturated carbocycles. The summed E-state index contributed by atoms with van der Waals surface area (Å²) in [5, 5.41) is 0.284. The van der Waals surface area contributed by atoms with Gasteiger partial charge in [-0.05, 0) is 12.1 Å². The first-order chi connectivity index (χ1) is 10.3. The van der Waals surface area contributed by atoms with Gasteiger partial charge in [-0.3, -0.25) is 0 Å². The number of hydrogen-bond donors (Lipinski definition) is 0. The molecule has 0 aliphatic heterocycles. The van der Waals surface area contributed by atoms with Gasteiger partial charge in [-0.15, -0.1) is 0 Å². The molecule has 9 heteroatoms. The van der Waals surface area contributed by atoms with E-state index in [0.717, 1.165) is 0 Å². The van der Waals surface area contributed by atoms with Crippen LogP contribution in [0.15, 0.2) is 12.1 Å². The van der Waals surface area contributed by atoms with Gasteiger partial charge in [0.15, 0.2) is 0 Å². The highest BCUT2D eigenvalue weighted by molar-refractivity contribution is 6.56. The molecule has 0 spiro atoms. The summed E-state index contributed by atoms with van der Waals surface area (Å²) in [6.45, 7) is 0. The number of methoxy groups -OCH3 is 1. The Morgan fingerprint density at radius 2 is 1.41 bits per heavy atom. The monoisotopic (exact) mass is 417 g/mol. The Hall–Kier alpha value is -0.420. The van der Waals surface area contributed by atoms with E-state index < -0.39 is 5.97 Å². The van der Waals surface area contributed by atoms with Crippen LogP contribution in [0.1, 0.15) is 10.5 Å². The molecular weight excluding hydrogens is 415 g/mol. The van der Waals surface area contributed by atoms with Crippen LogP contribution < -0.4 is 0 Å². The number of carbonyl (C=O) groups excluding carboxylic acids is 1. The average Bonchev–Trinajstić information content (AvgIpc) is 2.52. The van der Waals surface area contributed by atoms with Gasteiger partial charge in [0.05, 0.1) is 42.9 Å². The van der Waals surface area contributed by atoms with E-state index >= 15 is 0 Å². The minimum absolute atomic E-state index is 0.00840. The number of nitrogens with zero attached hydrogens (tertiary/aromatic N) is 1. The number of rotatable bonds is 2. The van der Waals surface area contributed by atoms with Crippen molar-refractivity contribution < 1.29 is 9.53 Å².